The summed E-state index contributed by atoms with van der Waals surface area (Å²) in [5.74, 6) is 0.662. The summed E-state index contributed by atoms with van der Waals surface area (Å²) in [6, 6.07) is 13.8. The van der Waals surface area contributed by atoms with Crippen LogP contribution in [0.1, 0.15) is 51.2 Å². The average Bonchev–Trinajstić information content (AvgIpc) is 2.76. The maximum atomic E-state index is 12.4. The number of hydrogen-bond acceptors (Lipinski definition) is 4. The zero-order valence-corrected chi connectivity index (χ0v) is 19.0. The van der Waals surface area contributed by atoms with Crippen molar-refractivity contribution in [2.45, 2.75) is 53.0 Å². The minimum Gasteiger partial charge on any atom is -0.322 e. The number of fused-ring (bicyclic) bond motifs is 2. The Morgan fingerprint density at radius 3 is 2.42 bits per heavy atom. The molecule has 0 spiro atoms. The van der Waals surface area contributed by atoms with Crippen LogP contribution in [0.15, 0.2) is 52.1 Å². The molecule has 6 nitrogen and oxygen atoms in total. The van der Waals surface area contributed by atoms with Gasteiger partial charge in [0.15, 0.2) is 11.5 Å². The van der Waals surface area contributed by atoms with Crippen molar-refractivity contribution >= 4 is 22.6 Å². The first-order valence-electron chi connectivity index (χ1n) is 10.6. The van der Waals surface area contributed by atoms with Crippen LogP contribution in [0.4, 0.5) is 0 Å². The van der Waals surface area contributed by atoms with Crippen LogP contribution in [0.2, 0.25) is 5.02 Å². The molecule has 0 amide bonds. The lowest BCUT2D eigenvalue weighted by atomic mass is 10.0. The average molecular weight is 439 g/mol. The molecule has 0 aromatic heterocycles. The first kappa shape index (κ1) is 22.7. The van der Waals surface area contributed by atoms with Crippen molar-refractivity contribution < 1.29 is 0 Å². The predicted octanol–water partition coefficient (Wildman–Crippen LogP) is 5.02. The van der Waals surface area contributed by atoms with Crippen LogP contribution in [-0.4, -0.2) is 19.5 Å². The summed E-state index contributed by atoms with van der Waals surface area (Å²) < 4.78 is 1.92. The van der Waals surface area contributed by atoms with E-state index in [-0.39, 0.29) is 5.69 Å². The van der Waals surface area contributed by atoms with Gasteiger partial charge in [0.2, 0.25) is 0 Å². The fourth-order valence-corrected chi connectivity index (χ4v) is 3.62. The van der Waals surface area contributed by atoms with Crippen molar-refractivity contribution in [2.75, 3.05) is 0 Å². The second kappa shape index (κ2) is 9.88. The van der Waals surface area contributed by atoms with E-state index in [0.717, 1.165) is 29.4 Å². The third-order valence-electron chi connectivity index (χ3n) is 5.06. The van der Waals surface area contributed by atoms with Crippen molar-refractivity contribution in [3.63, 3.8) is 0 Å². The van der Waals surface area contributed by atoms with E-state index in [2.05, 4.69) is 34.9 Å². The van der Waals surface area contributed by atoms with Crippen molar-refractivity contribution in [3.8, 4) is 11.5 Å². The lowest BCUT2D eigenvalue weighted by Crippen LogP contribution is -2.29. The van der Waals surface area contributed by atoms with Gasteiger partial charge < -0.3 is 4.57 Å². The zero-order chi connectivity index (χ0) is 22.5. The molecule has 0 radical (unpaired) electrons. The molecule has 2 heterocycles. The highest BCUT2D eigenvalue weighted by Crippen LogP contribution is 2.25. The fourth-order valence-electron chi connectivity index (χ4n) is 3.49. The largest absolute Gasteiger partial charge is 0.349 e. The molecule has 0 fully saturated rings. The molecule has 0 saturated heterocycles. The van der Waals surface area contributed by atoms with Gasteiger partial charge in [0.1, 0.15) is 0 Å². The summed E-state index contributed by atoms with van der Waals surface area (Å²) in [5.41, 5.74) is 2.91. The number of aryl methyl sites for hydroxylation is 2. The summed E-state index contributed by atoms with van der Waals surface area (Å²) in [7, 11) is 0. The Morgan fingerprint density at radius 1 is 1.03 bits per heavy atom. The van der Waals surface area contributed by atoms with Gasteiger partial charge in [-0.05, 0) is 54.2 Å². The summed E-state index contributed by atoms with van der Waals surface area (Å²) in [6.07, 6.45) is 1.65. The highest BCUT2D eigenvalue weighted by molar-refractivity contribution is 6.30. The van der Waals surface area contributed by atoms with Crippen LogP contribution in [-0.2, 0) is 13.0 Å². The number of aromatic nitrogens is 4. The van der Waals surface area contributed by atoms with Crippen LogP contribution < -0.4 is 11.2 Å². The SMILES string of the molecule is CC.CC(C)c1ccc2c(c1)nc1c(=O)[nH]c(=O)nc-1n2CCCc1ccc(Cl)cc1. The van der Waals surface area contributed by atoms with E-state index in [1.165, 1.54) is 5.56 Å². The van der Waals surface area contributed by atoms with Crippen molar-refractivity contribution in [1.82, 2.24) is 19.5 Å². The van der Waals surface area contributed by atoms with E-state index in [9.17, 15) is 9.59 Å². The number of H-pyrrole nitrogens is 1. The topological polar surface area (TPSA) is 80.6 Å². The summed E-state index contributed by atoms with van der Waals surface area (Å²) in [4.78, 5) is 35.0. The van der Waals surface area contributed by atoms with Gasteiger partial charge in [0.05, 0.1) is 11.0 Å². The molecule has 0 saturated carbocycles. The van der Waals surface area contributed by atoms with Gasteiger partial charge in [0, 0.05) is 11.6 Å². The van der Waals surface area contributed by atoms with Gasteiger partial charge in [-0.15, -0.1) is 0 Å². The fraction of sp³-hybridized carbons (Fsp3) is 0.333. The molecule has 0 aliphatic carbocycles. The Labute approximate surface area is 186 Å². The predicted molar refractivity (Wildman–Crippen MR) is 126 cm³/mol. The molecule has 0 bridgehead atoms. The van der Waals surface area contributed by atoms with Gasteiger partial charge in [-0.1, -0.05) is 57.5 Å². The van der Waals surface area contributed by atoms with Gasteiger partial charge in [-0.2, -0.15) is 4.98 Å². The molecule has 162 valence electrons. The molecule has 0 atom stereocenters. The van der Waals surface area contributed by atoms with Gasteiger partial charge in [-0.3, -0.25) is 9.78 Å². The van der Waals surface area contributed by atoms with E-state index in [4.69, 9.17) is 11.6 Å². The second-order valence-corrected chi connectivity index (χ2v) is 7.88. The molecule has 2 aliphatic rings. The standard InChI is InChI=1S/C22H21ClN4O2.C2H6/c1-13(2)15-7-10-18-17(12-15)24-19-20(25-22(29)26-21(19)28)27(18)11-3-4-14-5-8-16(23)9-6-14;1-2/h5-10,12-13H,3-4,11H2,1-2H3,(H,26,28,29);1-2H3. The Balaban J connectivity index is 0.00000132. The molecule has 2 aliphatic heterocycles. The minimum absolute atomic E-state index is 0.185. The molecule has 7 heteroatoms. The highest BCUT2D eigenvalue weighted by Gasteiger charge is 2.19. The molecule has 0 unspecified atom stereocenters. The normalized spacial score (nSPS) is 11.0. The zero-order valence-electron chi connectivity index (χ0n) is 18.3. The number of aromatic amines is 1. The molecule has 2 aromatic carbocycles. The number of halogens is 1. The number of nitrogens with one attached hydrogen (secondary N) is 1. The quantitative estimate of drug-likeness (QED) is 0.443. The maximum Gasteiger partial charge on any atom is 0.349 e. The number of hydrogen-bond donors (Lipinski definition) is 1. The highest BCUT2D eigenvalue weighted by atomic mass is 35.5. The monoisotopic (exact) mass is 438 g/mol. The minimum atomic E-state index is -0.658. The van der Waals surface area contributed by atoms with Crippen LogP contribution in [0.25, 0.3) is 22.6 Å². The lowest BCUT2D eigenvalue weighted by molar-refractivity contribution is 0.648. The number of rotatable bonds is 5. The lowest BCUT2D eigenvalue weighted by Gasteiger charge is -2.17. The van der Waals surface area contributed by atoms with E-state index in [1.807, 2.05) is 54.8 Å². The molecule has 1 N–H and O–H groups in total. The summed E-state index contributed by atoms with van der Waals surface area (Å²) in [6.45, 7) is 8.83. The van der Waals surface area contributed by atoms with E-state index >= 15 is 0 Å². The molecule has 2 aromatic rings. The second-order valence-electron chi connectivity index (χ2n) is 7.44. The Hall–Kier alpha value is -2.99. The van der Waals surface area contributed by atoms with Crippen LogP contribution >= 0.6 is 11.6 Å². The van der Waals surface area contributed by atoms with Gasteiger partial charge in [0.25, 0.3) is 5.56 Å². The van der Waals surface area contributed by atoms with Crippen LogP contribution in [0, 0.1) is 0 Å². The number of benzene rings is 2. The first-order valence-corrected chi connectivity index (χ1v) is 11.0. The van der Waals surface area contributed by atoms with Crippen molar-refractivity contribution in [2.24, 2.45) is 0 Å². The smallest absolute Gasteiger partial charge is 0.322 e. The van der Waals surface area contributed by atoms with Gasteiger partial charge in [-0.25, -0.2) is 9.78 Å². The Kier molecular flexibility index (Phi) is 7.23. The molecular formula is C24H27ClN4O2. The van der Waals surface area contributed by atoms with Crippen molar-refractivity contribution in [3.05, 3.63) is 79.5 Å². The third-order valence-corrected chi connectivity index (χ3v) is 5.31. The Morgan fingerprint density at radius 2 is 1.74 bits per heavy atom. The maximum absolute atomic E-state index is 12.4. The summed E-state index contributed by atoms with van der Waals surface area (Å²) in [5, 5.41) is 0.710. The number of nitrogens with zero attached hydrogens (tertiary/aromatic N) is 3. The van der Waals surface area contributed by atoms with Crippen molar-refractivity contribution in [1.29, 1.82) is 0 Å². The molecule has 4 rings (SSSR count). The third kappa shape index (κ3) is 5.02. The van der Waals surface area contributed by atoms with E-state index < -0.39 is 11.2 Å². The van der Waals surface area contributed by atoms with E-state index in [0.29, 0.717) is 23.3 Å². The molecule has 31 heavy (non-hydrogen) atoms. The van der Waals surface area contributed by atoms with Crippen LogP contribution in [0.3, 0.4) is 0 Å². The van der Waals surface area contributed by atoms with Gasteiger partial charge >= 0.3 is 5.69 Å². The van der Waals surface area contributed by atoms with E-state index in [1.54, 1.807) is 0 Å². The van der Waals surface area contributed by atoms with Crippen LogP contribution in [0.5, 0.6) is 0 Å². The summed E-state index contributed by atoms with van der Waals surface area (Å²) >= 11 is 5.96. The molecular weight excluding hydrogens is 412 g/mol. The first-order chi connectivity index (χ1) is 14.9. The Bertz CT molecular complexity index is 1260.